The third-order valence-corrected chi connectivity index (χ3v) is 5.54. The number of rotatable bonds is 8. The number of nitrogens with zero attached hydrogens (tertiary/aromatic N) is 1. The summed E-state index contributed by atoms with van der Waals surface area (Å²) in [7, 11) is 0. The number of benzene rings is 2. The van der Waals surface area contributed by atoms with Gasteiger partial charge in [-0.15, -0.1) is 0 Å². The molecule has 0 spiro atoms. The van der Waals surface area contributed by atoms with E-state index in [1.54, 1.807) is 0 Å². The van der Waals surface area contributed by atoms with Crippen LogP contribution in [-0.4, -0.2) is 36.2 Å². The molecular weight excluding hydrogens is 360 g/mol. The van der Waals surface area contributed by atoms with E-state index in [-0.39, 0.29) is 17.6 Å². The van der Waals surface area contributed by atoms with Crippen LogP contribution in [0.2, 0.25) is 0 Å². The summed E-state index contributed by atoms with van der Waals surface area (Å²) >= 11 is 0. The number of amides is 1. The number of hydrogen-bond donors (Lipinski definition) is 1. The molecule has 2 aromatic rings. The summed E-state index contributed by atoms with van der Waals surface area (Å²) in [6, 6.07) is 18.0. The molecule has 1 aliphatic rings. The number of likely N-dealkylation sites (tertiary alicyclic amines) is 1. The van der Waals surface area contributed by atoms with E-state index in [4.69, 9.17) is 0 Å². The van der Waals surface area contributed by atoms with Crippen molar-refractivity contribution < 1.29 is 9.59 Å². The molecule has 0 bridgehead atoms. The highest BCUT2D eigenvalue weighted by atomic mass is 16.2. The van der Waals surface area contributed by atoms with Crippen molar-refractivity contribution in [2.24, 2.45) is 11.8 Å². The second-order valence-electron chi connectivity index (χ2n) is 8.47. The summed E-state index contributed by atoms with van der Waals surface area (Å²) in [5.74, 6) is 0.967. The molecule has 1 N–H and O–H groups in total. The van der Waals surface area contributed by atoms with Gasteiger partial charge < -0.3 is 5.32 Å². The van der Waals surface area contributed by atoms with Crippen LogP contribution >= 0.6 is 0 Å². The predicted octanol–water partition coefficient (Wildman–Crippen LogP) is 4.10. The number of ketones is 1. The number of piperidine rings is 1. The van der Waals surface area contributed by atoms with Crippen LogP contribution in [0, 0.1) is 11.8 Å². The monoisotopic (exact) mass is 392 g/mol. The molecule has 0 unspecified atom stereocenters. The first-order valence-corrected chi connectivity index (χ1v) is 10.7. The average molecular weight is 393 g/mol. The molecule has 0 radical (unpaired) electrons. The largest absolute Gasteiger partial charge is 0.351 e. The third-order valence-electron chi connectivity index (χ3n) is 5.54. The van der Waals surface area contributed by atoms with E-state index in [1.165, 1.54) is 5.56 Å². The highest BCUT2D eigenvalue weighted by Gasteiger charge is 2.26. The van der Waals surface area contributed by atoms with Gasteiger partial charge in [0.05, 0.1) is 6.54 Å². The molecule has 0 aromatic heterocycles. The van der Waals surface area contributed by atoms with Crippen LogP contribution in [0.4, 0.5) is 0 Å². The second kappa shape index (κ2) is 10.4. The third kappa shape index (κ3) is 6.53. The number of hydrogen-bond acceptors (Lipinski definition) is 3. The summed E-state index contributed by atoms with van der Waals surface area (Å²) in [4.78, 5) is 27.2. The minimum absolute atomic E-state index is 0.0411. The van der Waals surface area contributed by atoms with Gasteiger partial charge in [0.15, 0.2) is 5.78 Å². The Balaban J connectivity index is 1.42. The number of nitrogens with one attached hydrogen (secondary N) is 1. The van der Waals surface area contributed by atoms with Crippen molar-refractivity contribution in [1.29, 1.82) is 0 Å². The minimum atomic E-state index is 0.0411. The highest BCUT2D eigenvalue weighted by molar-refractivity contribution is 5.98. The van der Waals surface area contributed by atoms with Crippen molar-refractivity contribution in [1.82, 2.24) is 10.2 Å². The van der Waals surface area contributed by atoms with Crippen LogP contribution in [0.15, 0.2) is 54.6 Å². The van der Waals surface area contributed by atoms with Gasteiger partial charge in [-0.05, 0) is 49.4 Å². The van der Waals surface area contributed by atoms with Gasteiger partial charge in [0.25, 0.3) is 0 Å². The lowest BCUT2D eigenvalue weighted by atomic mass is 9.88. The summed E-state index contributed by atoms with van der Waals surface area (Å²) in [6.45, 7) is 6.95. The van der Waals surface area contributed by atoms with Gasteiger partial charge >= 0.3 is 0 Å². The van der Waals surface area contributed by atoms with E-state index in [1.807, 2.05) is 42.5 Å². The maximum Gasteiger partial charge on any atom is 0.234 e. The van der Waals surface area contributed by atoms with E-state index in [0.717, 1.165) is 43.5 Å². The zero-order chi connectivity index (χ0) is 20.6. The van der Waals surface area contributed by atoms with Gasteiger partial charge in [0, 0.05) is 18.0 Å². The molecule has 1 saturated heterocycles. The van der Waals surface area contributed by atoms with Gasteiger partial charge in [-0.3, -0.25) is 14.5 Å². The predicted molar refractivity (Wildman–Crippen MR) is 117 cm³/mol. The molecule has 1 fully saturated rings. The molecule has 1 aliphatic heterocycles. The van der Waals surface area contributed by atoms with E-state index in [9.17, 15) is 9.59 Å². The molecule has 154 valence electrons. The summed E-state index contributed by atoms with van der Waals surface area (Å²) in [5, 5.41) is 2.98. The Morgan fingerprint density at radius 1 is 0.966 bits per heavy atom. The molecule has 1 heterocycles. The fraction of sp³-hybridized carbons (Fsp3) is 0.440. The first kappa shape index (κ1) is 21.3. The molecule has 0 atom stereocenters. The van der Waals surface area contributed by atoms with Crippen LogP contribution < -0.4 is 5.32 Å². The first-order chi connectivity index (χ1) is 14.0. The summed E-state index contributed by atoms with van der Waals surface area (Å²) in [5.41, 5.74) is 3.20. The Morgan fingerprint density at radius 2 is 1.62 bits per heavy atom. The standard InChI is InChI=1S/C25H32N2O2/c1-19(2)16-20-8-10-22(11-9-20)25(29)23-12-14-27(15-13-23)18-24(28)26-17-21-6-4-3-5-7-21/h3-11,19,23H,12-18H2,1-2H3,(H,26,28). The molecule has 4 heteroatoms. The zero-order valence-corrected chi connectivity index (χ0v) is 17.6. The Bertz CT molecular complexity index is 791. The topological polar surface area (TPSA) is 49.4 Å². The zero-order valence-electron chi connectivity index (χ0n) is 17.6. The Kier molecular flexibility index (Phi) is 7.59. The van der Waals surface area contributed by atoms with Gasteiger partial charge in [0.2, 0.25) is 5.91 Å². The van der Waals surface area contributed by atoms with Gasteiger partial charge in [-0.2, -0.15) is 0 Å². The Labute approximate surface area is 174 Å². The molecule has 2 aromatic carbocycles. The lowest BCUT2D eigenvalue weighted by Crippen LogP contribution is -2.42. The van der Waals surface area contributed by atoms with E-state index in [2.05, 4.69) is 36.2 Å². The number of carbonyl (C=O) groups excluding carboxylic acids is 2. The SMILES string of the molecule is CC(C)Cc1ccc(C(=O)C2CCN(CC(=O)NCc3ccccc3)CC2)cc1. The molecule has 1 amide bonds. The molecular formula is C25H32N2O2. The van der Waals surface area contributed by atoms with Gasteiger partial charge in [0.1, 0.15) is 0 Å². The maximum absolute atomic E-state index is 12.8. The Morgan fingerprint density at radius 3 is 2.24 bits per heavy atom. The van der Waals surface area contributed by atoms with Crippen LogP contribution in [-0.2, 0) is 17.8 Å². The van der Waals surface area contributed by atoms with Crippen LogP contribution in [0.3, 0.4) is 0 Å². The van der Waals surface area contributed by atoms with E-state index < -0.39 is 0 Å². The quantitative estimate of drug-likeness (QED) is 0.688. The fourth-order valence-corrected chi connectivity index (χ4v) is 3.92. The van der Waals surface area contributed by atoms with E-state index >= 15 is 0 Å². The normalized spacial score (nSPS) is 15.4. The van der Waals surface area contributed by atoms with Crippen LogP contribution in [0.5, 0.6) is 0 Å². The van der Waals surface area contributed by atoms with Crippen molar-refractivity contribution in [3.8, 4) is 0 Å². The highest BCUT2D eigenvalue weighted by Crippen LogP contribution is 2.22. The number of Topliss-reactive ketones (excluding diaryl/α,β-unsaturated/α-hetero) is 1. The lowest BCUT2D eigenvalue weighted by molar-refractivity contribution is -0.122. The smallest absolute Gasteiger partial charge is 0.234 e. The minimum Gasteiger partial charge on any atom is -0.351 e. The lowest BCUT2D eigenvalue weighted by Gasteiger charge is -2.30. The maximum atomic E-state index is 12.8. The van der Waals surface area contributed by atoms with Crippen LogP contribution in [0.25, 0.3) is 0 Å². The number of carbonyl (C=O) groups is 2. The molecule has 0 saturated carbocycles. The fourth-order valence-electron chi connectivity index (χ4n) is 3.92. The van der Waals surface area contributed by atoms with Crippen molar-refractivity contribution in [2.75, 3.05) is 19.6 Å². The molecule has 4 nitrogen and oxygen atoms in total. The molecule has 3 rings (SSSR count). The molecule has 0 aliphatic carbocycles. The Hall–Kier alpha value is -2.46. The first-order valence-electron chi connectivity index (χ1n) is 10.7. The van der Waals surface area contributed by atoms with Gasteiger partial charge in [-0.1, -0.05) is 68.4 Å². The molecule has 29 heavy (non-hydrogen) atoms. The van der Waals surface area contributed by atoms with Crippen LogP contribution in [0.1, 0.15) is 48.2 Å². The van der Waals surface area contributed by atoms with Crippen molar-refractivity contribution in [3.63, 3.8) is 0 Å². The second-order valence-corrected chi connectivity index (χ2v) is 8.47. The average Bonchev–Trinajstić information content (AvgIpc) is 2.73. The summed E-state index contributed by atoms with van der Waals surface area (Å²) < 4.78 is 0. The van der Waals surface area contributed by atoms with Crippen molar-refractivity contribution in [3.05, 3.63) is 71.3 Å². The summed E-state index contributed by atoms with van der Waals surface area (Å²) in [6.07, 6.45) is 2.68. The van der Waals surface area contributed by atoms with Crippen molar-refractivity contribution in [2.45, 2.75) is 39.7 Å². The van der Waals surface area contributed by atoms with Crippen molar-refractivity contribution >= 4 is 11.7 Å². The van der Waals surface area contributed by atoms with E-state index in [0.29, 0.717) is 19.0 Å². The van der Waals surface area contributed by atoms with Gasteiger partial charge in [-0.25, -0.2) is 0 Å².